The topological polar surface area (TPSA) is 158 Å². The predicted octanol–water partition coefficient (Wildman–Crippen LogP) is 5.51. The Kier molecular flexibility index (Phi) is 16.0. The van der Waals surface area contributed by atoms with Crippen LogP contribution in [0.25, 0.3) is 0 Å². The third-order valence-corrected chi connectivity index (χ3v) is 11.8. The Balaban J connectivity index is 1.69. The van der Waals surface area contributed by atoms with Crippen molar-refractivity contribution in [2.45, 2.75) is 76.8 Å². The minimum atomic E-state index is -1.75. The lowest BCUT2D eigenvalue weighted by molar-refractivity contribution is -0.0991. The molecular formula is C42H57N4O10P. The molecule has 2 heterocycles. The van der Waals surface area contributed by atoms with Crippen molar-refractivity contribution >= 4 is 8.53 Å². The van der Waals surface area contributed by atoms with Gasteiger partial charge < -0.3 is 43.2 Å². The van der Waals surface area contributed by atoms with Crippen LogP contribution in [0.2, 0.25) is 0 Å². The van der Waals surface area contributed by atoms with Gasteiger partial charge in [-0.2, -0.15) is 0 Å². The Labute approximate surface area is 336 Å². The molecule has 0 bridgehead atoms. The molecule has 1 aromatic heterocycles. The summed E-state index contributed by atoms with van der Waals surface area (Å²) < 4.78 is 54.1. The smallest absolute Gasteiger partial charge is 0.330 e. The molecule has 5 rings (SSSR count). The van der Waals surface area contributed by atoms with Crippen molar-refractivity contribution in [3.8, 4) is 11.5 Å². The highest BCUT2D eigenvalue weighted by atomic mass is 31.2. The number of aryl methyl sites for hydroxylation is 1. The van der Waals surface area contributed by atoms with Crippen molar-refractivity contribution in [1.82, 2.24) is 14.2 Å². The van der Waals surface area contributed by atoms with Gasteiger partial charge in [-0.25, -0.2) is 9.46 Å². The molecule has 14 nitrogen and oxygen atoms in total. The maximum absolute atomic E-state index is 13.5. The molecule has 0 radical (unpaired) electrons. The van der Waals surface area contributed by atoms with Crippen molar-refractivity contribution in [3.63, 3.8) is 0 Å². The number of nitrogens with zero attached hydrogens (tertiary/aromatic N) is 2. The van der Waals surface area contributed by atoms with Crippen LogP contribution in [0.4, 0.5) is 0 Å². The minimum Gasteiger partial charge on any atom is -0.497 e. The van der Waals surface area contributed by atoms with E-state index in [2.05, 4.69) is 37.3 Å². The van der Waals surface area contributed by atoms with Crippen LogP contribution in [0.3, 0.4) is 0 Å². The molecule has 310 valence electrons. The number of nitrogens with two attached hydrogens (primary N) is 1. The fraction of sp³-hybridized carbons (Fsp3) is 0.476. The summed E-state index contributed by atoms with van der Waals surface area (Å²) in [6.45, 7) is 10.9. The van der Waals surface area contributed by atoms with Crippen LogP contribution in [-0.2, 0) is 33.6 Å². The number of H-pyrrole nitrogens is 1. The lowest BCUT2D eigenvalue weighted by Gasteiger charge is -2.39. The van der Waals surface area contributed by atoms with Crippen LogP contribution >= 0.6 is 8.53 Å². The summed E-state index contributed by atoms with van der Waals surface area (Å²) in [5.41, 5.74) is 6.45. The van der Waals surface area contributed by atoms with E-state index in [1.807, 2.05) is 78.9 Å². The number of ether oxygens (including phenoxy) is 6. The van der Waals surface area contributed by atoms with E-state index in [0.29, 0.717) is 17.1 Å². The first-order chi connectivity index (χ1) is 27.5. The first kappa shape index (κ1) is 44.2. The zero-order valence-corrected chi connectivity index (χ0v) is 35.0. The standard InChI is InChI=1S/C42H57N4O10P/c1-28(2)46(29(3)4)57(54-23-22-43)56-37-36(55-40(38(37)52-25-24-49-6)45-26-30(5)39(47)44-41(45)48)27-53-42(31-12-10-9-11-13-31,32-14-18-34(50-7)19-15-32)33-16-20-35(51-8)21-17-33/h9-21,26,28-29,36-38,40H,22-25,27,43H2,1-8H3,(H,44,47,48). The van der Waals surface area contributed by atoms with Crippen LogP contribution in [-0.4, -0.2) is 98.9 Å². The molecule has 57 heavy (non-hydrogen) atoms. The fourth-order valence-corrected chi connectivity index (χ4v) is 8.84. The Hall–Kier alpha value is -3.95. The quantitative estimate of drug-likeness (QED) is 0.0620. The van der Waals surface area contributed by atoms with Gasteiger partial charge in [-0.05, 0) is 75.6 Å². The lowest BCUT2D eigenvalue weighted by Crippen LogP contribution is -2.44. The summed E-state index contributed by atoms with van der Waals surface area (Å²) in [6.07, 6.45) is -2.12. The van der Waals surface area contributed by atoms with Crippen LogP contribution in [0.5, 0.6) is 11.5 Å². The average molecular weight is 809 g/mol. The molecule has 1 aliphatic heterocycles. The molecule has 0 spiro atoms. The van der Waals surface area contributed by atoms with Crippen LogP contribution in [0.15, 0.2) is 94.6 Å². The Morgan fingerprint density at radius 2 is 1.40 bits per heavy atom. The summed E-state index contributed by atoms with van der Waals surface area (Å²) in [7, 11) is 3.08. The first-order valence-corrected chi connectivity index (χ1v) is 20.3. The van der Waals surface area contributed by atoms with Crippen molar-refractivity contribution < 1.29 is 37.5 Å². The van der Waals surface area contributed by atoms with Gasteiger partial charge in [0.2, 0.25) is 0 Å². The van der Waals surface area contributed by atoms with Gasteiger partial charge in [0.05, 0.1) is 40.6 Å². The van der Waals surface area contributed by atoms with Gasteiger partial charge in [0.15, 0.2) is 6.23 Å². The van der Waals surface area contributed by atoms with Gasteiger partial charge in [-0.1, -0.05) is 54.6 Å². The van der Waals surface area contributed by atoms with Gasteiger partial charge in [-0.3, -0.25) is 14.3 Å². The number of benzene rings is 3. The number of aromatic nitrogens is 2. The minimum absolute atomic E-state index is 0.0369. The lowest BCUT2D eigenvalue weighted by atomic mass is 9.80. The molecule has 0 saturated carbocycles. The van der Waals surface area contributed by atoms with E-state index in [1.165, 1.54) is 10.8 Å². The van der Waals surface area contributed by atoms with E-state index < -0.39 is 49.9 Å². The monoisotopic (exact) mass is 808 g/mol. The number of nitrogens with one attached hydrogen (secondary N) is 1. The van der Waals surface area contributed by atoms with Crippen LogP contribution in [0, 0.1) is 6.92 Å². The number of aromatic amines is 1. The number of methoxy groups -OCH3 is 3. The van der Waals surface area contributed by atoms with E-state index >= 15 is 0 Å². The Morgan fingerprint density at radius 3 is 1.93 bits per heavy atom. The van der Waals surface area contributed by atoms with Crippen molar-refractivity contribution in [2.75, 3.05) is 54.3 Å². The summed E-state index contributed by atoms with van der Waals surface area (Å²) in [6, 6.07) is 25.5. The number of rotatable bonds is 21. The molecule has 0 aliphatic carbocycles. The maximum atomic E-state index is 13.5. The second-order valence-electron chi connectivity index (χ2n) is 14.2. The number of hydrogen-bond acceptors (Lipinski definition) is 12. The number of hydrogen-bond donors (Lipinski definition) is 2. The SMILES string of the molecule is COCCOC1C(OP(OCCN)N(C(C)C)C(C)C)C(COC(c2ccccc2)(c2ccc(OC)cc2)c2ccc(OC)cc2)OC1n1cc(C)c(=O)[nH]c1=O. The normalized spacial score (nSPS) is 19.1. The highest BCUT2D eigenvalue weighted by Crippen LogP contribution is 2.51. The van der Waals surface area contributed by atoms with Crippen molar-refractivity contribution in [3.05, 3.63) is 128 Å². The second kappa shape index (κ2) is 20.6. The fourth-order valence-electron chi connectivity index (χ4n) is 7.05. The zero-order chi connectivity index (χ0) is 41.1. The molecule has 1 aliphatic rings. The largest absolute Gasteiger partial charge is 0.497 e. The highest BCUT2D eigenvalue weighted by Gasteiger charge is 2.51. The van der Waals surface area contributed by atoms with Gasteiger partial charge in [-0.15, -0.1) is 0 Å². The summed E-state index contributed by atoms with van der Waals surface area (Å²) in [5, 5.41) is 0. The molecule has 0 amide bonds. The predicted molar refractivity (Wildman–Crippen MR) is 219 cm³/mol. The average Bonchev–Trinajstić information content (AvgIpc) is 3.55. The van der Waals surface area contributed by atoms with Crippen molar-refractivity contribution in [1.29, 1.82) is 0 Å². The van der Waals surface area contributed by atoms with Crippen LogP contribution in [0.1, 0.15) is 56.2 Å². The van der Waals surface area contributed by atoms with E-state index in [1.54, 1.807) is 28.3 Å². The Morgan fingerprint density at radius 1 is 0.825 bits per heavy atom. The molecule has 1 fully saturated rings. The molecule has 4 aromatic rings. The highest BCUT2D eigenvalue weighted by molar-refractivity contribution is 7.44. The molecule has 5 unspecified atom stereocenters. The maximum Gasteiger partial charge on any atom is 0.330 e. The Bertz CT molecular complexity index is 1890. The summed E-state index contributed by atoms with van der Waals surface area (Å²) >= 11 is 0. The molecule has 1 saturated heterocycles. The molecule has 5 atom stereocenters. The van der Waals surface area contributed by atoms with E-state index in [0.717, 1.165) is 16.7 Å². The summed E-state index contributed by atoms with van der Waals surface area (Å²) in [5.74, 6) is 1.38. The third kappa shape index (κ3) is 10.2. The third-order valence-electron chi connectivity index (χ3n) is 9.72. The van der Waals surface area contributed by atoms with E-state index in [9.17, 15) is 9.59 Å². The summed E-state index contributed by atoms with van der Waals surface area (Å²) in [4.78, 5) is 28.4. The van der Waals surface area contributed by atoms with Gasteiger partial charge >= 0.3 is 5.69 Å². The van der Waals surface area contributed by atoms with Crippen molar-refractivity contribution in [2.24, 2.45) is 5.73 Å². The zero-order valence-electron chi connectivity index (χ0n) is 34.1. The first-order valence-electron chi connectivity index (χ1n) is 19.1. The molecule has 3 N–H and O–H groups in total. The van der Waals surface area contributed by atoms with Crippen LogP contribution < -0.4 is 26.5 Å². The van der Waals surface area contributed by atoms with Gasteiger partial charge in [0.1, 0.15) is 35.4 Å². The van der Waals surface area contributed by atoms with E-state index in [4.69, 9.17) is 43.2 Å². The van der Waals surface area contributed by atoms with Gasteiger partial charge in [0, 0.05) is 37.5 Å². The van der Waals surface area contributed by atoms with Gasteiger partial charge in [0.25, 0.3) is 14.1 Å². The van der Waals surface area contributed by atoms with E-state index in [-0.39, 0.29) is 45.1 Å². The molecule has 3 aromatic carbocycles. The molecule has 15 heteroatoms. The second-order valence-corrected chi connectivity index (χ2v) is 15.6. The molecular weight excluding hydrogens is 751 g/mol.